The van der Waals surface area contributed by atoms with Gasteiger partial charge in [0.1, 0.15) is 6.20 Å². The third-order valence-electron chi connectivity index (χ3n) is 2.65. The number of aryl methyl sites for hydroxylation is 1. The van der Waals surface area contributed by atoms with E-state index in [9.17, 15) is 19.7 Å². The van der Waals surface area contributed by atoms with Crippen molar-refractivity contribution >= 4 is 22.8 Å². The van der Waals surface area contributed by atoms with E-state index in [0.29, 0.717) is 11.3 Å². The second-order valence-corrected chi connectivity index (χ2v) is 5.00. The van der Waals surface area contributed by atoms with E-state index >= 15 is 0 Å². The summed E-state index contributed by atoms with van der Waals surface area (Å²) in [5, 5.41) is 12.4. The van der Waals surface area contributed by atoms with E-state index in [1.54, 1.807) is 12.1 Å². The molecule has 0 aliphatic rings. The van der Waals surface area contributed by atoms with E-state index in [1.807, 2.05) is 5.38 Å². The Labute approximate surface area is 117 Å². The smallest absolute Gasteiger partial charge is 0.293 e. The molecular weight excluding hydrogens is 282 g/mol. The minimum absolute atomic E-state index is 0.00596. The summed E-state index contributed by atoms with van der Waals surface area (Å²) in [6, 6.07) is 3.54. The molecule has 0 aliphatic heterocycles. The molecule has 2 rings (SSSR count). The standard InChI is InChI=1S/C12H11N3O4S/c16-10(11-4-2-6-20-11)3-1-5-14-8-9(15(18)19)7-13-12(14)17/h2,4,6-8H,1,3,5H2. The number of thiophene rings is 1. The van der Waals surface area contributed by atoms with Crippen LogP contribution in [0.15, 0.2) is 34.7 Å². The fraction of sp³-hybridized carbons (Fsp3) is 0.250. The van der Waals surface area contributed by atoms with E-state index in [-0.39, 0.29) is 24.4 Å². The highest BCUT2D eigenvalue weighted by molar-refractivity contribution is 7.12. The lowest BCUT2D eigenvalue weighted by Gasteiger charge is -2.03. The van der Waals surface area contributed by atoms with Gasteiger partial charge in [0.05, 0.1) is 16.0 Å². The molecule has 0 radical (unpaired) electrons. The Hall–Kier alpha value is -2.35. The highest BCUT2D eigenvalue weighted by atomic mass is 32.1. The summed E-state index contributed by atoms with van der Waals surface area (Å²) in [7, 11) is 0. The Balaban J connectivity index is 1.97. The van der Waals surface area contributed by atoms with Crippen LogP contribution in [-0.2, 0) is 6.54 Å². The summed E-state index contributed by atoms with van der Waals surface area (Å²) in [4.78, 5) is 37.3. The second-order valence-electron chi connectivity index (χ2n) is 4.05. The van der Waals surface area contributed by atoms with Gasteiger partial charge in [0.2, 0.25) is 0 Å². The SMILES string of the molecule is O=C(CCCn1cc([N+](=O)[O-])cnc1=O)c1cccs1. The van der Waals surface area contributed by atoms with Gasteiger partial charge in [0.15, 0.2) is 5.78 Å². The van der Waals surface area contributed by atoms with Gasteiger partial charge < -0.3 is 0 Å². The van der Waals surface area contributed by atoms with Crippen LogP contribution in [-0.4, -0.2) is 20.3 Å². The molecule has 0 saturated carbocycles. The topological polar surface area (TPSA) is 95.1 Å². The lowest BCUT2D eigenvalue weighted by atomic mass is 10.2. The predicted molar refractivity (Wildman–Crippen MR) is 73.0 cm³/mol. The second kappa shape index (κ2) is 6.20. The molecule has 0 saturated heterocycles. The molecule has 0 unspecified atom stereocenters. The number of ketones is 1. The number of aromatic nitrogens is 2. The van der Waals surface area contributed by atoms with Crippen LogP contribution in [0.4, 0.5) is 5.69 Å². The largest absolute Gasteiger partial charge is 0.347 e. The summed E-state index contributed by atoms with van der Waals surface area (Å²) in [6.45, 7) is 0.227. The number of hydrogen-bond acceptors (Lipinski definition) is 6. The van der Waals surface area contributed by atoms with Crippen LogP contribution in [0.5, 0.6) is 0 Å². The maximum Gasteiger partial charge on any atom is 0.347 e. The molecule has 0 spiro atoms. The molecule has 104 valence electrons. The Morgan fingerprint density at radius 2 is 2.30 bits per heavy atom. The van der Waals surface area contributed by atoms with Crippen LogP contribution >= 0.6 is 11.3 Å². The molecule has 0 amide bonds. The first kappa shape index (κ1) is 14.1. The fourth-order valence-corrected chi connectivity index (χ4v) is 2.36. The van der Waals surface area contributed by atoms with Crippen molar-refractivity contribution in [2.75, 3.05) is 0 Å². The van der Waals surface area contributed by atoms with Gasteiger partial charge in [-0.2, -0.15) is 4.98 Å². The summed E-state index contributed by atoms with van der Waals surface area (Å²) in [5.74, 6) is 0.00596. The zero-order valence-electron chi connectivity index (χ0n) is 10.4. The maximum absolute atomic E-state index is 11.8. The van der Waals surface area contributed by atoms with Crippen molar-refractivity contribution in [3.63, 3.8) is 0 Å². The van der Waals surface area contributed by atoms with Crippen molar-refractivity contribution < 1.29 is 9.72 Å². The average Bonchev–Trinajstić information content (AvgIpc) is 2.94. The first-order chi connectivity index (χ1) is 9.58. The molecule has 7 nitrogen and oxygen atoms in total. The summed E-state index contributed by atoms with van der Waals surface area (Å²) < 4.78 is 1.15. The van der Waals surface area contributed by atoms with Gasteiger partial charge in [0.25, 0.3) is 0 Å². The van der Waals surface area contributed by atoms with Crippen molar-refractivity contribution in [1.29, 1.82) is 0 Å². The summed E-state index contributed by atoms with van der Waals surface area (Å²) in [6.07, 6.45) is 2.79. The minimum atomic E-state index is -0.611. The molecule has 0 aliphatic carbocycles. The minimum Gasteiger partial charge on any atom is -0.293 e. The van der Waals surface area contributed by atoms with Crippen molar-refractivity contribution in [3.05, 3.63) is 55.4 Å². The van der Waals surface area contributed by atoms with E-state index < -0.39 is 10.6 Å². The molecular formula is C12H11N3O4S. The number of Topliss-reactive ketones (excluding diaryl/α,β-unsaturated/α-hetero) is 1. The van der Waals surface area contributed by atoms with Gasteiger partial charge in [-0.3, -0.25) is 19.5 Å². The quantitative estimate of drug-likeness (QED) is 0.460. The lowest BCUT2D eigenvalue weighted by molar-refractivity contribution is -0.385. The van der Waals surface area contributed by atoms with Crippen LogP contribution in [0, 0.1) is 10.1 Å². The number of carbonyl (C=O) groups excluding carboxylic acids is 1. The van der Waals surface area contributed by atoms with Crippen LogP contribution < -0.4 is 5.69 Å². The number of carbonyl (C=O) groups is 1. The Morgan fingerprint density at radius 3 is 2.95 bits per heavy atom. The van der Waals surface area contributed by atoms with Crippen LogP contribution in [0.25, 0.3) is 0 Å². The van der Waals surface area contributed by atoms with Gasteiger partial charge in [-0.05, 0) is 17.9 Å². The van der Waals surface area contributed by atoms with Crippen molar-refractivity contribution in [3.8, 4) is 0 Å². The maximum atomic E-state index is 11.8. The van der Waals surface area contributed by atoms with E-state index in [4.69, 9.17) is 0 Å². The third-order valence-corrected chi connectivity index (χ3v) is 3.56. The monoisotopic (exact) mass is 293 g/mol. The highest BCUT2D eigenvalue weighted by Crippen LogP contribution is 2.13. The van der Waals surface area contributed by atoms with Crippen LogP contribution in [0.2, 0.25) is 0 Å². The van der Waals surface area contributed by atoms with Crippen LogP contribution in [0.3, 0.4) is 0 Å². The summed E-state index contributed by atoms with van der Waals surface area (Å²) in [5.41, 5.74) is -0.798. The molecule has 2 aromatic rings. The zero-order chi connectivity index (χ0) is 14.5. The van der Waals surface area contributed by atoms with Gasteiger partial charge >= 0.3 is 11.4 Å². The average molecular weight is 293 g/mol. The number of nitro groups is 1. The number of nitrogens with zero attached hydrogens (tertiary/aromatic N) is 3. The molecule has 0 aromatic carbocycles. The lowest BCUT2D eigenvalue weighted by Crippen LogP contribution is -2.22. The van der Waals surface area contributed by atoms with E-state index in [2.05, 4.69) is 4.98 Å². The normalized spacial score (nSPS) is 10.4. The molecule has 0 fully saturated rings. The molecule has 0 atom stereocenters. The first-order valence-electron chi connectivity index (χ1n) is 5.85. The van der Waals surface area contributed by atoms with Crippen molar-refractivity contribution in [1.82, 2.24) is 9.55 Å². The van der Waals surface area contributed by atoms with Gasteiger partial charge in [-0.25, -0.2) is 4.79 Å². The summed E-state index contributed by atoms with van der Waals surface area (Å²) >= 11 is 1.37. The van der Waals surface area contributed by atoms with E-state index in [0.717, 1.165) is 17.0 Å². The Kier molecular flexibility index (Phi) is 4.36. The Bertz CT molecular complexity index is 678. The highest BCUT2D eigenvalue weighted by Gasteiger charge is 2.10. The van der Waals surface area contributed by atoms with Gasteiger partial charge in [0, 0.05) is 13.0 Å². The third kappa shape index (κ3) is 3.35. The molecule has 2 aromatic heterocycles. The zero-order valence-corrected chi connectivity index (χ0v) is 11.2. The van der Waals surface area contributed by atoms with Gasteiger partial charge in [-0.15, -0.1) is 11.3 Å². The fourth-order valence-electron chi connectivity index (χ4n) is 1.67. The van der Waals surface area contributed by atoms with Crippen molar-refractivity contribution in [2.24, 2.45) is 0 Å². The van der Waals surface area contributed by atoms with E-state index in [1.165, 1.54) is 11.3 Å². The Morgan fingerprint density at radius 1 is 1.50 bits per heavy atom. The van der Waals surface area contributed by atoms with Gasteiger partial charge in [-0.1, -0.05) is 6.07 Å². The molecule has 2 heterocycles. The molecule has 0 bridgehead atoms. The predicted octanol–water partition coefficient (Wildman–Crippen LogP) is 1.88. The number of hydrogen-bond donors (Lipinski definition) is 0. The number of rotatable bonds is 6. The molecule has 0 N–H and O–H groups in total. The molecule has 8 heteroatoms. The first-order valence-corrected chi connectivity index (χ1v) is 6.73. The van der Waals surface area contributed by atoms with Crippen LogP contribution in [0.1, 0.15) is 22.5 Å². The van der Waals surface area contributed by atoms with Crippen molar-refractivity contribution in [2.45, 2.75) is 19.4 Å². The molecule has 20 heavy (non-hydrogen) atoms.